The van der Waals surface area contributed by atoms with Crippen molar-refractivity contribution in [3.63, 3.8) is 0 Å². The van der Waals surface area contributed by atoms with Crippen molar-refractivity contribution in [1.82, 2.24) is 40.8 Å². The van der Waals surface area contributed by atoms with Gasteiger partial charge >= 0.3 is 6.09 Å². The molecule has 0 spiro atoms. The highest BCUT2D eigenvalue weighted by Gasteiger charge is 2.36. The number of imidazole rings is 2. The van der Waals surface area contributed by atoms with Crippen LogP contribution in [-0.4, -0.2) is 96.2 Å². The molecule has 3 heterocycles. The van der Waals surface area contributed by atoms with E-state index in [-0.39, 0.29) is 36.4 Å². The predicted octanol–water partition coefficient (Wildman–Crippen LogP) is 5.26. The Labute approximate surface area is 323 Å². The molecule has 55 heavy (non-hydrogen) atoms. The summed E-state index contributed by atoms with van der Waals surface area (Å²) in [4.78, 5) is 63.1. The van der Waals surface area contributed by atoms with E-state index in [2.05, 4.69) is 84.9 Å². The molecule has 0 radical (unpaired) electrons. The van der Waals surface area contributed by atoms with Gasteiger partial charge in [0.1, 0.15) is 11.6 Å². The Bertz CT molecular complexity index is 1870. The van der Waals surface area contributed by atoms with Gasteiger partial charge in [-0.25, -0.2) is 14.8 Å². The molecule has 14 nitrogen and oxygen atoms in total. The number of aromatic amines is 2. The zero-order chi connectivity index (χ0) is 40.2. The third-order valence-corrected chi connectivity index (χ3v) is 8.61. The zero-order valence-corrected chi connectivity index (χ0v) is 33.1. The average molecular weight is 757 g/mol. The SMILES string of the molecule is CCC.CNC(C(=O)N1CCCC1c1ncc(-c2ccc(C#Cc3ccc4nc(CCCCNC(=O)CNC(=O)OC)[nH]c4c3)cc2)[nH]1)C(C)C.COC=O. The van der Waals surface area contributed by atoms with Crippen molar-refractivity contribution in [3.05, 3.63) is 71.4 Å². The van der Waals surface area contributed by atoms with Gasteiger partial charge in [-0.3, -0.25) is 14.4 Å². The number of likely N-dealkylation sites (N-methyl/N-ethyl adjacent to an activating group) is 1. The van der Waals surface area contributed by atoms with Crippen molar-refractivity contribution in [2.24, 2.45) is 5.92 Å². The summed E-state index contributed by atoms with van der Waals surface area (Å²) >= 11 is 0. The Balaban J connectivity index is 0.00000107. The third kappa shape index (κ3) is 13.6. The summed E-state index contributed by atoms with van der Waals surface area (Å²) in [5, 5.41) is 8.30. The van der Waals surface area contributed by atoms with E-state index in [1.807, 2.05) is 60.6 Å². The molecule has 4 aromatic rings. The molecule has 5 rings (SSSR count). The average Bonchev–Trinajstić information content (AvgIpc) is 3.97. The number of alkyl carbamates (subject to hydrolysis) is 1. The van der Waals surface area contributed by atoms with Gasteiger partial charge in [-0.1, -0.05) is 58.1 Å². The Morgan fingerprint density at radius 2 is 1.71 bits per heavy atom. The van der Waals surface area contributed by atoms with Crippen LogP contribution in [0.15, 0.2) is 48.7 Å². The maximum Gasteiger partial charge on any atom is 0.407 e. The van der Waals surface area contributed by atoms with Gasteiger partial charge < -0.3 is 40.3 Å². The number of carbonyl (C=O) groups is 4. The van der Waals surface area contributed by atoms with Gasteiger partial charge in [0, 0.05) is 30.6 Å². The quantitative estimate of drug-likeness (QED) is 0.0690. The smallest absolute Gasteiger partial charge is 0.407 e. The molecular weight excluding hydrogens is 701 g/mol. The second-order valence-corrected chi connectivity index (χ2v) is 13.3. The summed E-state index contributed by atoms with van der Waals surface area (Å²) in [5.74, 6) is 8.30. The topological polar surface area (TPSA) is 183 Å². The Morgan fingerprint density at radius 3 is 2.36 bits per heavy atom. The van der Waals surface area contributed by atoms with E-state index in [0.29, 0.717) is 13.0 Å². The molecule has 0 bridgehead atoms. The minimum absolute atomic E-state index is 0.0437. The number of nitrogens with zero attached hydrogens (tertiary/aromatic N) is 3. The lowest BCUT2D eigenvalue weighted by Gasteiger charge is -2.29. The van der Waals surface area contributed by atoms with Crippen LogP contribution in [0.5, 0.6) is 0 Å². The molecule has 5 N–H and O–H groups in total. The first-order chi connectivity index (χ1) is 26.6. The number of carbonyl (C=O) groups excluding carboxylic acids is 4. The number of fused-ring (bicyclic) bond motifs is 1. The summed E-state index contributed by atoms with van der Waals surface area (Å²) in [6, 6.07) is 13.8. The molecule has 14 heteroatoms. The van der Waals surface area contributed by atoms with Gasteiger partial charge in [0.05, 0.1) is 55.8 Å². The fraction of sp³-hybridized carbons (Fsp3) is 0.463. The highest BCUT2D eigenvalue weighted by molar-refractivity contribution is 5.83. The minimum atomic E-state index is -0.633. The fourth-order valence-corrected chi connectivity index (χ4v) is 5.96. The summed E-state index contributed by atoms with van der Waals surface area (Å²) in [6.07, 6.45) is 6.71. The largest absolute Gasteiger partial charge is 0.471 e. The van der Waals surface area contributed by atoms with Gasteiger partial charge in [0.2, 0.25) is 11.8 Å². The third-order valence-electron chi connectivity index (χ3n) is 8.61. The van der Waals surface area contributed by atoms with Crippen LogP contribution in [-0.2, 0) is 30.3 Å². The first kappa shape index (κ1) is 43.7. The number of amides is 3. The molecule has 1 saturated heterocycles. The van der Waals surface area contributed by atoms with Crippen molar-refractivity contribution < 1.29 is 28.7 Å². The number of aromatic nitrogens is 4. The number of aryl methyl sites for hydroxylation is 1. The van der Waals surface area contributed by atoms with Gasteiger partial charge in [-0.2, -0.15) is 0 Å². The second kappa shape index (κ2) is 23.2. The zero-order valence-electron chi connectivity index (χ0n) is 33.1. The minimum Gasteiger partial charge on any atom is -0.471 e. The second-order valence-electron chi connectivity index (χ2n) is 13.3. The lowest BCUT2D eigenvalue weighted by Crippen LogP contribution is -2.47. The molecule has 3 amide bonds. The molecule has 2 atom stereocenters. The first-order valence-electron chi connectivity index (χ1n) is 18.8. The van der Waals surface area contributed by atoms with Crippen LogP contribution in [0.3, 0.4) is 0 Å². The number of methoxy groups -OCH3 is 2. The fourth-order valence-electron chi connectivity index (χ4n) is 5.96. The normalized spacial score (nSPS) is 13.7. The van der Waals surface area contributed by atoms with E-state index in [0.717, 1.165) is 83.7 Å². The molecule has 0 aliphatic carbocycles. The van der Waals surface area contributed by atoms with Crippen molar-refractivity contribution in [1.29, 1.82) is 0 Å². The van der Waals surface area contributed by atoms with Gasteiger partial charge in [0.25, 0.3) is 6.47 Å². The maximum absolute atomic E-state index is 13.2. The van der Waals surface area contributed by atoms with Gasteiger partial charge in [0.15, 0.2) is 0 Å². The molecule has 0 saturated carbocycles. The Hall–Kier alpha value is -5.68. The van der Waals surface area contributed by atoms with Crippen LogP contribution >= 0.6 is 0 Å². The van der Waals surface area contributed by atoms with Crippen LogP contribution < -0.4 is 16.0 Å². The maximum atomic E-state index is 13.2. The van der Waals surface area contributed by atoms with Crippen molar-refractivity contribution >= 4 is 35.4 Å². The van der Waals surface area contributed by atoms with Crippen LogP contribution in [0.2, 0.25) is 0 Å². The number of rotatable bonds is 13. The standard InChI is InChI=1S/C36H44N8O4.C3H8.C2H4O2/c1-23(2)33(37-3)35(46)44-19-7-8-30(44)34-39-21-29(43-34)26-15-12-24(13-16-26)10-11-25-14-17-27-28(20-25)42-31(41-27)9-5-6-18-38-32(45)22-40-36(47)48-4;1-3-2;1-4-2-3/h12-17,20-21,23,30,33,37H,5-9,18-19,22H2,1-4H3,(H,38,45)(H,39,43)(H,40,47)(H,41,42);3H2,1-2H3;2H,1H3. The van der Waals surface area contributed by atoms with Crippen LogP contribution in [0.1, 0.15) is 88.6 Å². The van der Waals surface area contributed by atoms with Crippen LogP contribution in [0.25, 0.3) is 22.3 Å². The number of hydrogen-bond acceptors (Lipinski definition) is 9. The molecule has 2 unspecified atom stereocenters. The number of likely N-dealkylation sites (tertiary alicyclic amines) is 1. The molecule has 1 fully saturated rings. The highest BCUT2D eigenvalue weighted by atomic mass is 16.5. The first-order valence-corrected chi connectivity index (χ1v) is 18.8. The van der Waals surface area contributed by atoms with E-state index in [9.17, 15) is 14.4 Å². The van der Waals surface area contributed by atoms with Crippen LogP contribution in [0, 0.1) is 17.8 Å². The monoisotopic (exact) mass is 756 g/mol. The van der Waals surface area contributed by atoms with Crippen LogP contribution in [0.4, 0.5) is 4.79 Å². The van der Waals surface area contributed by atoms with E-state index in [1.165, 1.54) is 20.6 Å². The lowest BCUT2D eigenvalue weighted by atomic mass is 10.0. The number of benzene rings is 2. The van der Waals surface area contributed by atoms with E-state index in [1.54, 1.807) is 0 Å². The van der Waals surface area contributed by atoms with Crippen molar-refractivity contribution in [2.75, 3.05) is 40.9 Å². The summed E-state index contributed by atoms with van der Waals surface area (Å²) in [7, 11) is 4.41. The number of ether oxygens (including phenoxy) is 2. The number of nitrogens with one attached hydrogen (secondary N) is 5. The molecule has 296 valence electrons. The summed E-state index contributed by atoms with van der Waals surface area (Å²) < 4.78 is 8.31. The van der Waals surface area contributed by atoms with Crippen molar-refractivity contribution in [2.45, 2.75) is 78.3 Å². The molecule has 2 aromatic heterocycles. The Morgan fingerprint density at radius 1 is 1.02 bits per heavy atom. The molecule has 1 aliphatic rings. The van der Waals surface area contributed by atoms with Gasteiger partial charge in [-0.15, -0.1) is 0 Å². The Kier molecular flexibility index (Phi) is 18.4. The van der Waals surface area contributed by atoms with Gasteiger partial charge in [-0.05, 0) is 74.5 Å². The summed E-state index contributed by atoms with van der Waals surface area (Å²) in [6.45, 7) is 9.90. The molecule has 2 aromatic carbocycles. The highest BCUT2D eigenvalue weighted by Crippen LogP contribution is 2.32. The molecular formula is C41H56N8O6. The summed E-state index contributed by atoms with van der Waals surface area (Å²) in [5.41, 5.74) is 5.52. The van der Waals surface area contributed by atoms with E-state index < -0.39 is 6.09 Å². The van der Waals surface area contributed by atoms with E-state index >= 15 is 0 Å². The van der Waals surface area contributed by atoms with E-state index in [4.69, 9.17) is 4.79 Å². The predicted molar refractivity (Wildman–Crippen MR) is 213 cm³/mol. The lowest BCUT2D eigenvalue weighted by molar-refractivity contribution is -0.135. The number of hydrogen-bond donors (Lipinski definition) is 5. The number of H-pyrrole nitrogens is 2. The molecule has 1 aliphatic heterocycles. The number of unbranched alkanes of at least 4 members (excludes halogenated alkanes) is 1. The van der Waals surface area contributed by atoms with Crippen molar-refractivity contribution in [3.8, 4) is 23.1 Å².